The Kier molecular flexibility index (Phi) is 4.06. The first-order valence-electron chi connectivity index (χ1n) is 7.52. The predicted molar refractivity (Wildman–Crippen MR) is 84.2 cm³/mol. The van der Waals surface area contributed by atoms with Crippen LogP contribution in [0.15, 0.2) is 47.3 Å². The van der Waals surface area contributed by atoms with E-state index in [1.807, 2.05) is 29.3 Å². The molecule has 0 bridgehead atoms. The summed E-state index contributed by atoms with van der Waals surface area (Å²) in [6.07, 6.45) is 6.86. The molecule has 1 atom stereocenters. The molecule has 0 aliphatic rings. The molecule has 1 unspecified atom stereocenters. The number of rotatable bonds is 6. The first-order valence-corrected chi connectivity index (χ1v) is 7.52. The molecule has 0 aliphatic carbocycles. The van der Waals surface area contributed by atoms with Crippen LogP contribution in [0.2, 0.25) is 0 Å². The largest absolute Gasteiger partial charge is 0.464 e. The summed E-state index contributed by atoms with van der Waals surface area (Å²) in [4.78, 5) is 0. The van der Waals surface area contributed by atoms with Crippen molar-refractivity contribution in [2.45, 2.75) is 32.9 Å². The van der Waals surface area contributed by atoms with E-state index >= 15 is 0 Å². The molecule has 0 fully saturated rings. The van der Waals surface area contributed by atoms with Crippen molar-refractivity contribution in [3.05, 3.63) is 54.0 Å². The fourth-order valence-corrected chi connectivity index (χ4v) is 2.73. The van der Waals surface area contributed by atoms with Gasteiger partial charge in [-0.3, -0.25) is 4.68 Å². The number of hydrogen-bond acceptors (Lipinski definition) is 3. The highest BCUT2D eigenvalue weighted by molar-refractivity contribution is 5.81. The van der Waals surface area contributed by atoms with Gasteiger partial charge in [0, 0.05) is 29.7 Å². The van der Waals surface area contributed by atoms with Crippen LogP contribution in [0.5, 0.6) is 0 Å². The van der Waals surface area contributed by atoms with Crippen LogP contribution in [0.4, 0.5) is 0 Å². The lowest BCUT2D eigenvalue weighted by atomic mass is 10.00. The summed E-state index contributed by atoms with van der Waals surface area (Å²) in [5.41, 5.74) is 3.41. The van der Waals surface area contributed by atoms with Crippen molar-refractivity contribution in [1.29, 1.82) is 0 Å². The van der Waals surface area contributed by atoms with Gasteiger partial charge in [0.2, 0.25) is 0 Å². The molecule has 0 radical (unpaired) electrons. The van der Waals surface area contributed by atoms with Gasteiger partial charge in [0.05, 0.1) is 12.5 Å². The van der Waals surface area contributed by atoms with Gasteiger partial charge < -0.3 is 9.73 Å². The maximum absolute atomic E-state index is 5.68. The lowest BCUT2D eigenvalue weighted by molar-refractivity contribution is 0.535. The first kappa shape index (κ1) is 13.9. The van der Waals surface area contributed by atoms with Gasteiger partial charge in [0.1, 0.15) is 5.58 Å². The van der Waals surface area contributed by atoms with Crippen molar-refractivity contribution in [3.63, 3.8) is 0 Å². The molecule has 4 heteroatoms. The molecule has 4 nitrogen and oxygen atoms in total. The molecule has 3 rings (SSSR count). The predicted octanol–water partition coefficient (Wildman–Crippen LogP) is 3.54. The summed E-state index contributed by atoms with van der Waals surface area (Å²) in [6, 6.07) is 8.43. The number of para-hydroxylation sites is 1. The molecule has 2 heterocycles. The molecule has 3 aromatic rings. The fourth-order valence-electron chi connectivity index (χ4n) is 2.73. The van der Waals surface area contributed by atoms with E-state index in [1.54, 1.807) is 0 Å². The average molecular weight is 283 g/mol. The average Bonchev–Trinajstić information content (AvgIpc) is 3.13. The lowest BCUT2D eigenvalue weighted by Gasteiger charge is -2.16. The Morgan fingerprint density at radius 3 is 2.90 bits per heavy atom. The number of likely N-dealkylation sites (N-methyl/N-ethyl adjacent to an activating group) is 1. The third-order valence-corrected chi connectivity index (χ3v) is 3.79. The van der Waals surface area contributed by atoms with Crippen LogP contribution in [0.25, 0.3) is 11.0 Å². The van der Waals surface area contributed by atoms with Crippen molar-refractivity contribution >= 4 is 11.0 Å². The molecule has 1 N–H and O–H groups in total. The van der Waals surface area contributed by atoms with Crippen LogP contribution in [0.3, 0.4) is 0 Å². The zero-order chi connectivity index (χ0) is 14.7. The van der Waals surface area contributed by atoms with E-state index < -0.39 is 0 Å². The number of aryl methyl sites for hydroxylation is 1. The second kappa shape index (κ2) is 6.14. The minimum absolute atomic E-state index is 0.244. The Morgan fingerprint density at radius 1 is 1.29 bits per heavy atom. The van der Waals surface area contributed by atoms with Crippen molar-refractivity contribution in [3.8, 4) is 0 Å². The Balaban J connectivity index is 1.90. The van der Waals surface area contributed by atoms with Crippen LogP contribution in [-0.2, 0) is 13.0 Å². The molecule has 0 saturated carbocycles. The molecule has 0 spiro atoms. The Labute approximate surface area is 124 Å². The van der Waals surface area contributed by atoms with Gasteiger partial charge in [-0.1, -0.05) is 25.1 Å². The third-order valence-electron chi connectivity index (χ3n) is 3.79. The maximum atomic E-state index is 5.68. The smallest absolute Gasteiger partial charge is 0.134 e. The van der Waals surface area contributed by atoms with E-state index in [2.05, 4.69) is 42.6 Å². The summed E-state index contributed by atoms with van der Waals surface area (Å²) >= 11 is 0. The van der Waals surface area contributed by atoms with Crippen LogP contribution in [0, 0.1) is 0 Å². The minimum atomic E-state index is 0.244. The summed E-state index contributed by atoms with van der Waals surface area (Å²) in [7, 11) is 0. The number of hydrogen-bond donors (Lipinski definition) is 1. The van der Waals surface area contributed by atoms with Crippen LogP contribution in [-0.4, -0.2) is 16.3 Å². The second-order valence-electron chi connectivity index (χ2n) is 5.21. The third kappa shape index (κ3) is 2.85. The standard InChI is InChI=1S/C17H21N3O/c1-3-18-16(9-13-10-19-20(4-2)11-13)15-12-21-17-8-6-5-7-14(15)17/h5-8,10-12,16,18H,3-4,9H2,1-2H3. The maximum Gasteiger partial charge on any atom is 0.134 e. The molecule has 110 valence electrons. The zero-order valence-corrected chi connectivity index (χ0v) is 12.5. The number of fused-ring (bicyclic) bond motifs is 1. The highest BCUT2D eigenvalue weighted by atomic mass is 16.3. The normalized spacial score (nSPS) is 12.9. The Hall–Kier alpha value is -2.07. The van der Waals surface area contributed by atoms with Crippen molar-refractivity contribution in [2.24, 2.45) is 0 Å². The number of nitrogens with one attached hydrogen (secondary N) is 1. The second-order valence-corrected chi connectivity index (χ2v) is 5.21. The SMILES string of the molecule is CCNC(Cc1cnn(CC)c1)c1coc2ccccc12. The Morgan fingerprint density at radius 2 is 2.14 bits per heavy atom. The lowest BCUT2D eigenvalue weighted by Crippen LogP contribution is -2.22. The highest BCUT2D eigenvalue weighted by Crippen LogP contribution is 2.28. The van der Waals surface area contributed by atoms with Gasteiger partial charge >= 0.3 is 0 Å². The molecule has 21 heavy (non-hydrogen) atoms. The number of furan rings is 1. The van der Waals surface area contributed by atoms with Gasteiger partial charge in [-0.15, -0.1) is 0 Å². The zero-order valence-electron chi connectivity index (χ0n) is 12.5. The van der Waals surface area contributed by atoms with Crippen LogP contribution in [0.1, 0.15) is 31.0 Å². The van der Waals surface area contributed by atoms with E-state index in [9.17, 15) is 0 Å². The minimum Gasteiger partial charge on any atom is -0.464 e. The van der Waals surface area contributed by atoms with E-state index in [1.165, 1.54) is 16.5 Å². The van der Waals surface area contributed by atoms with Gasteiger partial charge in [0.15, 0.2) is 0 Å². The first-order chi connectivity index (χ1) is 10.3. The molecular weight excluding hydrogens is 262 g/mol. The molecule has 1 aromatic carbocycles. The topological polar surface area (TPSA) is 43.0 Å². The fraction of sp³-hybridized carbons (Fsp3) is 0.353. The summed E-state index contributed by atoms with van der Waals surface area (Å²) in [6.45, 7) is 6.06. The molecule has 0 saturated heterocycles. The van der Waals surface area contributed by atoms with Crippen molar-refractivity contribution in [1.82, 2.24) is 15.1 Å². The summed E-state index contributed by atoms with van der Waals surface area (Å²) < 4.78 is 7.64. The van der Waals surface area contributed by atoms with Crippen molar-refractivity contribution in [2.75, 3.05) is 6.54 Å². The highest BCUT2D eigenvalue weighted by Gasteiger charge is 2.17. The van der Waals surface area contributed by atoms with Gasteiger partial charge in [-0.25, -0.2) is 0 Å². The summed E-state index contributed by atoms with van der Waals surface area (Å²) in [5.74, 6) is 0. The van der Waals surface area contributed by atoms with Crippen LogP contribution >= 0.6 is 0 Å². The summed E-state index contributed by atoms with van der Waals surface area (Å²) in [5, 5.41) is 9.10. The molecular formula is C17H21N3O. The van der Waals surface area contributed by atoms with E-state index in [-0.39, 0.29) is 6.04 Å². The number of benzene rings is 1. The van der Waals surface area contributed by atoms with Crippen molar-refractivity contribution < 1.29 is 4.42 Å². The monoisotopic (exact) mass is 283 g/mol. The molecule has 0 amide bonds. The number of nitrogens with zero attached hydrogens (tertiary/aromatic N) is 2. The van der Waals surface area contributed by atoms with Gasteiger partial charge in [0.25, 0.3) is 0 Å². The van der Waals surface area contributed by atoms with E-state index in [0.29, 0.717) is 0 Å². The quantitative estimate of drug-likeness (QED) is 0.752. The van der Waals surface area contributed by atoms with Crippen LogP contribution < -0.4 is 5.32 Å². The van der Waals surface area contributed by atoms with E-state index in [4.69, 9.17) is 4.42 Å². The Bertz CT molecular complexity index is 713. The van der Waals surface area contributed by atoms with Gasteiger partial charge in [-0.05, 0) is 31.5 Å². The molecule has 2 aromatic heterocycles. The molecule has 0 aliphatic heterocycles. The number of aromatic nitrogens is 2. The van der Waals surface area contributed by atoms with E-state index in [0.717, 1.165) is 25.1 Å². The van der Waals surface area contributed by atoms with Gasteiger partial charge in [-0.2, -0.15) is 5.10 Å².